The fraction of sp³-hybridized carbons (Fsp3) is 0.857. The van der Waals surface area contributed by atoms with E-state index >= 15 is 0 Å². The van der Waals surface area contributed by atoms with Crippen molar-refractivity contribution < 1.29 is 55.4 Å². The fourth-order valence-corrected chi connectivity index (χ4v) is 9.83. The third kappa shape index (κ3) is 10.4. The van der Waals surface area contributed by atoms with Gasteiger partial charge in [-0.3, -0.25) is 0 Å². The quantitative estimate of drug-likeness (QED) is 0.203. The number of rotatable bonds is 8. The molecule has 320 valence electrons. The van der Waals surface area contributed by atoms with Crippen molar-refractivity contribution in [1.82, 2.24) is 10.3 Å². The number of halogens is 5. The zero-order chi connectivity index (χ0) is 39.7. The van der Waals surface area contributed by atoms with Gasteiger partial charge in [-0.1, -0.05) is 10.3 Å². The molecule has 10 nitrogen and oxygen atoms in total. The van der Waals surface area contributed by atoms with Crippen molar-refractivity contribution in [1.29, 1.82) is 0 Å². The average molecular weight is 831 g/mol. The highest BCUT2D eigenvalue weighted by Gasteiger charge is 2.44. The molecule has 2 aliphatic heterocycles. The van der Waals surface area contributed by atoms with Crippen LogP contribution in [-0.2, 0) is 36.2 Å². The zero-order valence-corrected chi connectivity index (χ0v) is 33.7. The molecular weight excluding hydrogens is 772 g/mol. The molecule has 0 aromatic carbocycles. The molecule has 57 heavy (non-hydrogen) atoms. The van der Waals surface area contributed by atoms with Gasteiger partial charge in [0, 0.05) is 86.2 Å². The Morgan fingerprint density at radius 2 is 0.947 bits per heavy atom. The first-order chi connectivity index (χ1) is 27.5. The number of hydrogen-bond donors (Lipinski definition) is 1. The van der Waals surface area contributed by atoms with E-state index < -0.39 is 11.8 Å². The van der Waals surface area contributed by atoms with E-state index in [-0.39, 0.29) is 61.3 Å². The minimum absolute atomic E-state index is 0.0506. The molecule has 0 unspecified atom stereocenters. The van der Waals surface area contributed by atoms with Gasteiger partial charge in [-0.2, -0.15) is 0 Å². The minimum Gasteiger partial charge on any atom is -0.393 e. The maximum atomic E-state index is 13.6. The molecule has 8 aliphatic rings. The van der Waals surface area contributed by atoms with Gasteiger partial charge in [-0.15, -0.1) is 11.6 Å². The van der Waals surface area contributed by atoms with Crippen LogP contribution in [-0.4, -0.2) is 77.5 Å². The van der Waals surface area contributed by atoms with Gasteiger partial charge in [0.25, 0.3) is 0 Å². The molecule has 4 heterocycles. The summed E-state index contributed by atoms with van der Waals surface area (Å²) in [7, 11) is 0. The van der Waals surface area contributed by atoms with Gasteiger partial charge in [0.05, 0.1) is 62.5 Å². The Morgan fingerprint density at radius 3 is 1.37 bits per heavy atom. The first-order valence-electron chi connectivity index (χ1n) is 21.6. The third-order valence-corrected chi connectivity index (χ3v) is 13.7. The Hall–Kier alpha value is -1.81. The number of nitrogens with zero attached hydrogens (tertiary/aromatic N) is 2. The summed E-state index contributed by atoms with van der Waals surface area (Å²) in [6.07, 6.45) is 13.1. The standard InChI is InChI=1S/C21H29F2NO4.C13H16ClF2NO.C8H14O3/c22-20(23)7-3-14(4-8-20)18-17(19(28-24-18)15-1-2-15)13-25-16-5-9-21(10-6-16)26-11-12-27-21;14-7-10-11(17-18-12(10)9-1-2-9)8-3-5-13(15,16)6-4-8;9-7-1-3-8(4-2-7)10-5-6-11-8/h14-16H,1-13H2;8-9H,1-7H2;7,9H,1-6H2. The van der Waals surface area contributed by atoms with Crippen molar-refractivity contribution in [3.63, 3.8) is 0 Å². The monoisotopic (exact) mass is 830 g/mol. The van der Waals surface area contributed by atoms with Crippen LogP contribution in [0.15, 0.2) is 9.05 Å². The number of ether oxygens (including phenoxy) is 5. The third-order valence-electron chi connectivity index (χ3n) is 13.4. The lowest BCUT2D eigenvalue weighted by molar-refractivity contribution is -0.192. The molecule has 0 bridgehead atoms. The maximum absolute atomic E-state index is 13.6. The van der Waals surface area contributed by atoms with Crippen molar-refractivity contribution in [3.05, 3.63) is 34.0 Å². The number of hydrogen-bond acceptors (Lipinski definition) is 10. The second-order valence-electron chi connectivity index (χ2n) is 17.7. The first-order valence-corrected chi connectivity index (χ1v) is 22.1. The SMILES string of the molecule is FC1(F)CCC(c2noc(C3CC3)c2CCl)CC1.FC1(F)CCC(c2noc(C3CC3)c2COC2CCC3(CC2)OCCO3)CC1.OC1CCC2(CC1)OCCO2. The van der Waals surface area contributed by atoms with Crippen LogP contribution in [0.4, 0.5) is 17.6 Å². The second kappa shape index (κ2) is 17.7. The summed E-state index contributed by atoms with van der Waals surface area (Å²) >= 11 is 5.98. The zero-order valence-electron chi connectivity index (χ0n) is 32.9. The van der Waals surface area contributed by atoms with Gasteiger partial charge in [-0.25, -0.2) is 17.6 Å². The Morgan fingerprint density at radius 1 is 0.544 bits per heavy atom. The van der Waals surface area contributed by atoms with Crippen molar-refractivity contribution >= 4 is 11.6 Å². The summed E-state index contributed by atoms with van der Waals surface area (Å²) in [6, 6.07) is 0. The van der Waals surface area contributed by atoms with Crippen molar-refractivity contribution in [2.24, 2.45) is 0 Å². The van der Waals surface area contributed by atoms with E-state index in [0.29, 0.717) is 63.2 Å². The van der Waals surface area contributed by atoms with Crippen LogP contribution >= 0.6 is 11.6 Å². The molecule has 10 rings (SSSR count). The summed E-state index contributed by atoms with van der Waals surface area (Å²) in [5.41, 5.74) is 3.70. The molecule has 1 N–H and O–H groups in total. The van der Waals surface area contributed by atoms with E-state index in [9.17, 15) is 22.7 Å². The first kappa shape index (κ1) is 41.9. The number of aliphatic hydroxyl groups excluding tert-OH is 1. The van der Waals surface area contributed by atoms with Gasteiger partial charge < -0.3 is 37.8 Å². The Bertz CT molecular complexity index is 1580. The second-order valence-corrected chi connectivity index (χ2v) is 18.0. The smallest absolute Gasteiger partial charge is 0.248 e. The Labute approximate surface area is 337 Å². The highest BCUT2D eigenvalue weighted by molar-refractivity contribution is 6.17. The average Bonchev–Trinajstić information content (AvgIpc) is 4.03. The summed E-state index contributed by atoms with van der Waals surface area (Å²) < 4.78 is 93.3. The summed E-state index contributed by atoms with van der Waals surface area (Å²) in [6.45, 7) is 3.27. The van der Waals surface area contributed by atoms with Crippen LogP contribution in [0.25, 0.3) is 0 Å². The van der Waals surface area contributed by atoms with E-state index in [1.165, 1.54) is 0 Å². The molecule has 6 aliphatic carbocycles. The molecule has 2 aromatic heterocycles. The van der Waals surface area contributed by atoms with E-state index in [2.05, 4.69) is 10.3 Å². The molecule has 0 radical (unpaired) electrons. The number of aromatic nitrogens is 2. The van der Waals surface area contributed by atoms with E-state index in [4.69, 9.17) is 44.3 Å². The lowest BCUT2D eigenvalue weighted by Gasteiger charge is -2.35. The van der Waals surface area contributed by atoms with Crippen molar-refractivity contribution in [2.75, 3.05) is 26.4 Å². The van der Waals surface area contributed by atoms with Crippen LogP contribution < -0.4 is 0 Å². The van der Waals surface area contributed by atoms with Gasteiger partial charge in [0.15, 0.2) is 11.6 Å². The Kier molecular flexibility index (Phi) is 13.0. The minimum atomic E-state index is -2.53. The molecule has 0 amide bonds. The summed E-state index contributed by atoms with van der Waals surface area (Å²) in [5, 5.41) is 17.7. The van der Waals surface area contributed by atoms with Gasteiger partial charge >= 0.3 is 0 Å². The van der Waals surface area contributed by atoms with Gasteiger partial charge in [0.2, 0.25) is 11.8 Å². The van der Waals surface area contributed by atoms with Gasteiger partial charge in [-0.05, 0) is 77.0 Å². The summed E-state index contributed by atoms with van der Waals surface area (Å²) in [4.78, 5) is 0. The molecule has 2 spiro atoms. The van der Waals surface area contributed by atoms with Crippen molar-refractivity contribution in [2.45, 2.75) is 200 Å². The maximum Gasteiger partial charge on any atom is 0.248 e. The highest BCUT2D eigenvalue weighted by atomic mass is 35.5. The molecule has 2 aromatic rings. The van der Waals surface area contributed by atoms with E-state index in [0.717, 1.165) is 124 Å². The molecule has 2 saturated heterocycles. The van der Waals surface area contributed by atoms with Crippen LogP contribution in [0.1, 0.15) is 186 Å². The highest BCUT2D eigenvalue weighted by Crippen LogP contribution is 2.49. The fourth-order valence-electron chi connectivity index (χ4n) is 9.56. The molecule has 15 heteroatoms. The lowest BCUT2D eigenvalue weighted by atomic mass is 9.83. The molecule has 0 atom stereocenters. The van der Waals surface area contributed by atoms with E-state index in [1.54, 1.807) is 0 Å². The van der Waals surface area contributed by atoms with Crippen LogP contribution in [0.2, 0.25) is 0 Å². The van der Waals surface area contributed by atoms with Crippen LogP contribution in [0, 0.1) is 0 Å². The Balaban J connectivity index is 0.000000133. The van der Waals surface area contributed by atoms with Gasteiger partial charge in [0.1, 0.15) is 11.5 Å². The summed E-state index contributed by atoms with van der Waals surface area (Å²) in [5.74, 6) is -2.46. The predicted octanol–water partition coefficient (Wildman–Crippen LogP) is 10.3. The predicted molar refractivity (Wildman–Crippen MR) is 200 cm³/mol. The normalized spacial score (nSPS) is 27.6. The number of alkyl halides is 5. The largest absolute Gasteiger partial charge is 0.393 e. The molecule has 6 saturated carbocycles. The topological polar surface area (TPSA) is 118 Å². The van der Waals surface area contributed by atoms with Crippen LogP contribution in [0.5, 0.6) is 0 Å². The van der Waals surface area contributed by atoms with Crippen LogP contribution in [0.3, 0.4) is 0 Å². The van der Waals surface area contributed by atoms with Crippen molar-refractivity contribution in [3.8, 4) is 0 Å². The lowest BCUT2D eigenvalue weighted by Crippen LogP contribution is -2.37. The van der Waals surface area contributed by atoms with E-state index in [1.807, 2.05) is 0 Å². The molecular formula is C42H59ClF4N2O8. The molecule has 8 fully saturated rings. The number of aliphatic hydroxyl groups is 1.